The van der Waals surface area contributed by atoms with Crippen LogP contribution in [0.5, 0.6) is 5.75 Å². The number of sulfonamides is 1. The summed E-state index contributed by atoms with van der Waals surface area (Å²) in [7, 11) is -2.33. The van der Waals surface area contributed by atoms with Gasteiger partial charge in [-0.15, -0.1) is 0 Å². The van der Waals surface area contributed by atoms with Crippen molar-refractivity contribution >= 4 is 21.6 Å². The minimum atomic E-state index is -3.96. The number of nitrogens with zero attached hydrogens (tertiary/aromatic N) is 5. The quantitative estimate of drug-likeness (QED) is 0.563. The molecule has 1 aromatic heterocycles. The van der Waals surface area contributed by atoms with Crippen LogP contribution in [0, 0.1) is 0 Å². The van der Waals surface area contributed by atoms with Crippen LogP contribution in [0.2, 0.25) is 0 Å². The van der Waals surface area contributed by atoms with Gasteiger partial charge in [0.05, 0.1) is 31.1 Å². The van der Waals surface area contributed by atoms with Crippen LogP contribution in [-0.4, -0.2) is 98.2 Å². The molecule has 0 saturated carbocycles. The molecule has 0 atom stereocenters. The minimum Gasteiger partial charge on any atom is -0.492 e. The number of hydrogen-bond donors (Lipinski definition) is 0. The van der Waals surface area contributed by atoms with Crippen LogP contribution in [0.4, 0.5) is 5.69 Å². The van der Waals surface area contributed by atoms with E-state index in [-0.39, 0.29) is 29.6 Å². The molecule has 0 unspecified atom stereocenters. The van der Waals surface area contributed by atoms with Crippen molar-refractivity contribution in [1.82, 2.24) is 19.0 Å². The van der Waals surface area contributed by atoms with Crippen molar-refractivity contribution < 1.29 is 27.4 Å². The summed E-state index contributed by atoms with van der Waals surface area (Å²) in [5.74, 6) is -0.161. The van der Waals surface area contributed by atoms with Crippen molar-refractivity contribution in [2.75, 3.05) is 64.0 Å². The molecule has 0 radical (unpaired) electrons. The second-order valence-corrected chi connectivity index (χ2v) is 11.1. The minimum absolute atomic E-state index is 0.103. The highest BCUT2D eigenvalue weighted by molar-refractivity contribution is 7.89. The Morgan fingerprint density at radius 2 is 1.72 bits per heavy atom. The molecule has 0 N–H and O–H groups in total. The highest BCUT2D eigenvalue weighted by atomic mass is 32.2. The monoisotopic (exact) mass is 519 g/mol. The maximum Gasteiger partial charge on any atom is 0.263 e. The van der Waals surface area contributed by atoms with Gasteiger partial charge in [0.1, 0.15) is 5.75 Å². The van der Waals surface area contributed by atoms with E-state index in [1.165, 1.54) is 15.2 Å². The number of piperazine rings is 1. The third-order valence-electron chi connectivity index (χ3n) is 6.98. The number of aryl methyl sites for hydroxylation is 1. The first-order valence-electron chi connectivity index (χ1n) is 12.4. The van der Waals surface area contributed by atoms with Crippen LogP contribution in [-0.2, 0) is 26.5 Å². The number of hydrogen-bond acceptors (Lipinski definition) is 8. The van der Waals surface area contributed by atoms with Gasteiger partial charge in [0, 0.05) is 65.4 Å². The van der Waals surface area contributed by atoms with Gasteiger partial charge in [-0.05, 0) is 19.1 Å². The summed E-state index contributed by atoms with van der Waals surface area (Å²) in [6.07, 6.45) is 2.62. The predicted molar refractivity (Wildman–Crippen MR) is 132 cm³/mol. The molecule has 36 heavy (non-hydrogen) atoms. The molecule has 3 aliphatic rings. The van der Waals surface area contributed by atoms with Gasteiger partial charge < -0.3 is 24.0 Å². The number of benzene rings is 1. The highest BCUT2D eigenvalue weighted by Gasteiger charge is 2.42. The lowest BCUT2D eigenvalue weighted by Gasteiger charge is -2.37. The number of ether oxygens (including phenoxy) is 3. The van der Waals surface area contributed by atoms with Crippen molar-refractivity contribution in [2.45, 2.75) is 30.6 Å². The van der Waals surface area contributed by atoms with E-state index in [0.717, 1.165) is 11.4 Å². The van der Waals surface area contributed by atoms with Crippen molar-refractivity contribution in [3.8, 4) is 5.75 Å². The van der Waals surface area contributed by atoms with E-state index >= 15 is 0 Å². The Morgan fingerprint density at radius 3 is 2.39 bits per heavy atom. The van der Waals surface area contributed by atoms with Crippen LogP contribution in [0.1, 0.15) is 30.1 Å². The summed E-state index contributed by atoms with van der Waals surface area (Å²) in [5.41, 5.74) is 1.05. The lowest BCUT2D eigenvalue weighted by Crippen LogP contribution is -2.49. The number of amides is 1. The van der Waals surface area contributed by atoms with Crippen molar-refractivity contribution in [3.05, 3.63) is 36.0 Å². The van der Waals surface area contributed by atoms with Gasteiger partial charge in [-0.25, -0.2) is 8.42 Å². The maximum atomic E-state index is 13.6. The first-order chi connectivity index (χ1) is 17.3. The number of rotatable bonds is 6. The van der Waals surface area contributed by atoms with E-state index in [2.05, 4.69) is 10.00 Å². The summed E-state index contributed by atoms with van der Waals surface area (Å²) in [6, 6.07) is 7.77. The molecular formula is C24H33N5O6S. The number of para-hydroxylation sites is 2. The third-order valence-corrected chi connectivity index (χ3v) is 8.82. The Kier molecular flexibility index (Phi) is 6.95. The number of carbonyl (C=O) groups is 1. The zero-order valence-corrected chi connectivity index (χ0v) is 21.6. The number of likely N-dealkylation sites (tertiary alicyclic amines) is 1. The zero-order valence-electron chi connectivity index (χ0n) is 20.8. The molecule has 1 amide bonds. The Hall–Kier alpha value is -2.67. The van der Waals surface area contributed by atoms with Gasteiger partial charge in [0.15, 0.2) is 5.79 Å². The van der Waals surface area contributed by atoms with E-state index in [9.17, 15) is 13.2 Å². The summed E-state index contributed by atoms with van der Waals surface area (Å²) in [4.78, 5) is 17.2. The van der Waals surface area contributed by atoms with E-state index in [1.807, 2.05) is 31.2 Å². The standard InChI is InChI=1S/C24H33N5O6S/c1-3-33-21-7-5-4-6-20(21)27-12-14-29(15-13-27)36(31,32)22-19(18-26(2)25-22)23(30)28-10-8-24(9-11-28)34-16-17-35-24/h4-7,18H,3,8-17H2,1-2H3. The Labute approximate surface area is 211 Å². The van der Waals surface area contributed by atoms with E-state index in [1.54, 1.807) is 11.9 Å². The van der Waals surface area contributed by atoms with Crippen molar-refractivity contribution in [2.24, 2.45) is 7.05 Å². The van der Waals surface area contributed by atoms with E-state index in [0.29, 0.717) is 58.8 Å². The molecule has 1 spiro atoms. The molecule has 4 heterocycles. The topological polar surface area (TPSA) is 106 Å². The summed E-state index contributed by atoms with van der Waals surface area (Å²) >= 11 is 0. The number of aromatic nitrogens is 2. The van der Waals surface area contributed by atoms with Crippen LogP contribution in [0.15, 0.2) is 35.5 Å². The van der Waals surface area contributed by atoms with Crippen LogP contribution in [0.25, 0.3) is 0 Å². The summed E-state index contributed by atoms with van der Waals surface area (Å²) in [5, 5.41) is 4.03. The predicted octanol–water partition coefficient (Wildman–Crippen LogP) is 1.31. The molecule has 5 rings (SSSR count). The molecule has 12 heteroatoms. The largest absolute Gasteiger partial charge is 0.492 e. The lowest BCUT2D eigenvalue weighted by molar-refractivity contribution is -0.181. The molecule has 3 aliphatic heterocycles. The molecular weight excluding hydrogens is 486 g/mol. The van der Waals surface area contributed by atoms with Crippen molar-refractivity contribution in [1.29, 1.82) is 0 Å². The van der Waals surface area contributed by atoms with Crippen molar-refractivity contribution in [3.63, 3.8) is 0 Å². The molecule has 3 saturated heterocycles. The molecule has 0 bridgehead atoms. The SMILES string of the molecule is CCOc1ccccc1N1CCN(S(=O)(=O)c2nn(C)cc2C(=O)N2CCC3(CC2)OCCO3)CC1. The molecule has 0 aliphatic carbocycles. The van der Waals surface area contributed by atoms with Crippen LogP contribution >= 0.6 is 0 Å². The number of piperidine rings is 1. The third kappa shape index (κ3) is 4.70. The molecule has 196 valence electrons. The number of anilines is 1. The fourth-order valence-corrected chi connectivity index (χ4v) is 6.64. The lowest BCUT2D eigenvalue weighted by atomic mass is 10.0. The number of carbonyl (C=O) groups excluding carboxylic acids is 1. The smallest absolute Gasteiger partial charge is 0.263 e. The Bertz CT molecular complexity index is 1190. The fraction of sp³-hybridized carbons (Fsp3) is 0.583. The van der Waals surface area contributed by atoms with E-state index < -0.39 is 15.8 Å². The Morgan fingerprint density at radius 1 is 1.06 bits per heavy atom. The first-order valence-corrected chi connectivity index (χ1v) is 13.8. The van der Waals surface area contributed by atoms with Gasteiger partial charge in [-0.2, -0.15) is 9.40 Å². The summed E-state index contributed by atoms with van der Waals surface area (Å²) < 4.78 is 47.3. The fourth-order valence-electron chi connectivity index (χ4n) is 5.10. The average Bonchev–Trinajstić information content (AvgIpc) is 3.52. The van der Waals surface area contributed by atoms with Crippen LogP contribution in [0.3, 0.4) is 0 Å². The first kappa shape index (κ1) is 25.0. The zero-order chi connectivity index (χ0) is 25.3. The highest BCUT2D eigenvalue weighted by Crippen LogP contribution is 2.33. The van der Waals surface area contributed by atoms with Gasteiger partial charge >= 0.3 is 0 Å². The second-order valence-electron chi connectivity index (χ2n) is 9.21. The Balaban J connectivity index is 1.29. The van der Waals surface area contributed by atoms with Gasteiger partial charge in [0.25, 0.3) is 15.9 Å². The van der Waals surface area contributed by atoms with Gasteiger partial charge in [0.2, 0.25) is 5.03 Å². The van der Waals surface area contributed by atoms with Crippen LogP contribution < -0.4 is 9.64 Å². The molecule has 3 fully saturated rings. The molecule has 1 aromatic carbocycles. The average molecular weight is 520 g/mol. The van der Waals surface area contributed by atoms with Gasteiger partial charge in [-0.3, -0.25) is 9.48 Å². The summed E-state index contributed by atoms with van der Waals surface area (Å²) in [6.45, 7) is 6.07. The maximum absolute atomic E-state index is 13.6. The van der Waals surface area contributed by atoms with E-state index in [4.69, 9.17) is 14.2 Å². The second kappa shape index (κ2) is 10.0. The van der Waals surface area contributed by atoms with Gasteiger partial charge in [-0.1, -0.05) is 12.1 Å². The molecule has 11 nitrogen and oxygen atoms in total. The molecule has 2 aromatic rings. The normalized spacial score (nSPS) is 20.7.